The predicted octanol–water partition coefficient (Wildman–Crippen LogP) is 2.56. The molecule has 1 N–H and O–H groups in total. The van der Waals surface area contributed by atoms with Gasteiger partial charge < -0.3 is 14.5 Å². The molecular formula is C19H26N4O3. The molecule has 0 spiro atoms. The number of ether oxygens (including phenoxy) is 1. The van der Waals surface area contributed by atoms with Gasteiger partial charge in [0.15, 0.2) is 5.76 Å². The van der Waals surface area contributed by atoms with E-state index in [1.165, 1.54) is 44.9 Å². The van der Waals surface area contributed by atoms with Gasteiger partial charge in [0.1, 0.15) is 0 Å². The van der Waals surface area contributed by atoms with Crippen LogP contribution in [0.3, 0.4) is 0 Å². The Morgan fingerprint density at radius 3 is 2.92 bits per heavy atom. The van der Waals surface area contributed by atoms with Crippen LogP contribution in [-0.4, -0.2) is 40.3 Å². The number of carbonyl (C=O) groups is 1. The van der Waals surface area contributed by atoms with Crippen LogP contribution in [0.5, 0.6) is 5.95 Å². The molecule has 3 heterocycles. The summed E-state index contributed by atoms with van der Waals surface area (Å²) in [6, 6.07) is 6.07. The minimum Gasteiger partial charge on any atom is -0.468 e. The van der Waals surface area contributed by atoms with Crippen LogP contribution in [0.2, 0.25) is 0 Å². The molecule has 1 saturated carbocycles. The summed E-state index contributed by atoms with van der Waals surface area (Å²) in [5, 5.41) is 7.50. The van der Waals surface area contributed by atoms with Crippen molar-refractivity contribution in [2.75, 3.05) is 13.7 Å². The predicted molar refractivity (Wildman–Crippen MR) is 95.9 cm³/mol. The third-order valence-corrected chi connectivity index (χ3v) is 5.41. The highest BCUT2D eigenvalue weighted by molar-refractivity contribution is 5.91. The van der Waals surface area contributed by atoms with Crippen molar-refractivity contribution < 1.29 is 13.9 Å². The van der Waals surface area contributed by atoms with Gasteiger partial charge in [0.05, 0.1) is 31.6 Å². The highest BCUT2D eigenvalue weighted by Crippen LogP contribution is 2.26. The molecule has 0 aromatic carbocycles. The lowest BCUT2D eigenvalue weighted by Gasteiger charge is -2.36. The summed E-state index contributed by atoms with van der Waals surface area (Å²) in [6.45, 7) is 3.35. The molecule has 140 valence electrons. The van der Waals surface area contributed by atoms with Gasteiger partial charge in [0.25, 0.3) is 11.9 Å². The Morgan fingerprint density at radius 1 is 1.31 bits per heavy atom. The summed E-state index contributed by atoms with van der Waals surface area (Å²) in [4.78, 5) is 14.8. The van der Waals surface area contributed by atoms with Crippen molar-refractivity contribution in [1.82, 2.24) is 20.0 Å². The van der Waals surface area contributed by atoms with Crippen molar-refractivity contribution >= 4 is 5.91 Å². The molecular weight excluding hydrogens is 332 g/mol. The minimum atomic E-state index is -0.261. The lowest BCUT2D eigenvalue weighted by atomic mass is 9.94. The molecule has 1 aliphatic heterocycles. The van der Waals surface area contributed by atoms with Crippen molar-refractivity contribution in [2.24, 2.45) is 0 Å². The Balaban J connectivity index is 1.35. The van der Waals surface area contributed by atoms with E-state index in [0.717, 1.165) is 31.4 Å². The number of amides is 1. The van der Waals surface area contributed by atoms with Crippen LogP contribution in [0.4, 0.5) is 0 Å². The number of aromatic nitrogens is 2. The van der Waals surface area contributed by atoms with E-state index in [0.29, 0.717) is 12.5 Å². The quantitative estimate of drug-likeness (QED) is 0.889. The van der Waals surface area contributed by atoms with E-state index < -0.39 is 0 Å². The smallest absolute Gasteiger partial charge is 0.287 e. The summed E-state index contributed by atoms with van der Waals surface area (Å²) < 4.78 is 12.3. The van der Waals surface area contributed by atoms with Gasteiger partial charge in [-0.05, 0) is 25.0 Å². The van der Waals surface area contributed by atoms with Crippen molar-refractivity contribution in [3.05, 3.63) is 35.3 Å². The molecule has 0 radical (unpaired) electrons. The standard InChI is InChI=1S/C19H26N4O3/c1-25-18-8-7-17(26-18)19(24)20-12-14-11-16-13-22(9-10-23(16)21-14)15-5-3-2-4-6-15/h7-8,11,15H,2-6,9-10,12-13H2,1H3,(H,20,24). The van der Waals surface area contributed by atoms with Gasteiger partial charge >= 0.3 is 0 Å². The third-order valence-electron chi connectivity index (χ3n) is 5.41. The monoisotopic (exact) mass is 358 g/mol. The molecule has 1 amide bonds. The molecule has 2 aromatic rings. The van der Waals surface area contributed by atoms with Crippen molar-refractivity contribution in [2.45, 2.75) is 57.8 Å². The first-order chi connectivity index (χ1) is 12.7. The van der Waals surface area contributed by atoms with E-state index in [-0.39, 0.29) is 11.7 Å². The first kappa shape index (κ1) is 17.1. The first-order valence-corrected chi connectivity index (χ1v) is 9.44. The Labute approximate surface area is 153 Å². The number of fused-ring (bicyclic) bond motifs is 1. The zero-order valence-electron chi connectivity index (χ0n) is 15.2. The zero-order valence-corrected chi connectivity index (χ0v) is 15.2. The minimum absolute atomic E-state index is 0.245. The fraction of sp³-hybridized carbons (Fsp3) is 0.579. The highest BCUT2D eigenvalue weighted by Gasteiger charge is 2.26. The van der Waals surface area contributed by atoms with Gasteiger partial charge in [-0.15, -0.1) is 0 Å². The molecule has 0 bridgehead atoms. The summed E-state index contributed by atoms with van der Waals surface area (Å²) >= 11 is 0. The van der Waals surface area contributed by atoms with Crippen LogP contribution in [0.1, 0.15) is 54.0 Å². The fourth-order valence-electron chi connectivity index (χ4n) is 4.00. The van der Waals surface area contributed by atoms with Crippen LogP contribution in [-0.2, 0) is 19.6 Å². The molecule has 2 aliphatic rings. The molecule has 0 unspecified atom stereocenters. The Hall–Kier alpha value is -2.28. The van der Waals surface area contributed by atoms with E-state index in [1.807, 2.05) is 0 Å². The number of methoxy groups -OCH3 is 1. The number of rotatable bonds is 5. The normalized spacial score (nSPS) is 18.5. The maximum absolute atomic E-state index is 12.1. The lowest BCUT2D eigenvalue weighted by molar-refractivity contribution is 0.0916. The number of nitrogens with zero attached hydrogens (tertiary/aromatic N) is 3. The van der Waals surface area contributed by atoms with Crippen LogP contribution in [0.15, 0.2) is 22.6 Å². The number of hydrogen-bond acceptors (Lipinski definition) is 5. The second kappa shape index (κ2) is 7.53. The SMILES string of the molecule is COc1ccc(C(=O)NCc2cc3n(n2)CCN(C2CCCCC2)C3)o1. The first-order valence-electron chi connectivity index (χ1n) is 9.44. The fourth-order valence-corrected chi connectivity index (χ4v) is 4.00. The zero-order chi connectivity index (χ0) is 17.9. The number of hydrogen-bond donors (Lipinski definition) is 1. The van der Waals surface area contributed by atoms with Crippen LogP contribution in [0.25, 0.3) is 0 Å². The molecule has 0 saturated heterocycles. The lowest BCUT2D eigenvalue weighted by Crippen LogP contribution is -2.42. The largest absolute Gasteiger partial charge is 0.468 e. The maximum Gasteiger partial charge on any atom is 0.287 e. The third kappa shape index (κ3) is 3.62. The topological polar surface area (TPSA) is 72.5 Å². The summed E-state index contributed by atoms with van der Waals surface area (Å²) in [5.74, 6) is 0.313. The van der Waals surface area contributed by atoms with Crippen molar-refractivity contribution in [3.8, 4) is 5.95 Å². The average molecular weight is 358 g/mol. The van der Waals surface area contributed by atoms with E-state index in [2.05, 4.69) is 26.1 Å². The van der Waals surface area contributed by atoms with E-state index in [4.69, 9.17) is 9.15 Å². The Kier molecular flexibility index (Phi) is 4.97. The van der Waals surface area contributed by atoms with E-state index >= 15 is 0 Å². The van der Waals surface area contributed by atoms with Gasteiger partial charge in [-0.3, -0.25) is 14.4 Å². The highest BCUT2D eigenvalue weighted by atomic mass is 16.6. The molecule has 7 heteroatoms. The number of carbonyl (C=O) groups excluding carboxylic acids is 1. The molecule has 4 rings (SSSR count). The Bertz CT molecular complexity index is 761. The summed E-state index contributed by atoms with van der Waals surface area (Å²) in [7, 11) is 1.51. The van der Waals surface area contributed by atoms with E-state index in [1.54, 1.807) is 12.1 Å². The van der Waals surface area contributed by atoms with Crippen LogP contribution >= 0.6 is 0 Å². The maximum atomic E-state index is 12.1. The molecule has 0 atom stereocenters. The van der Waals surface area contributed by atoms with Gasteiger partial charge in [0.2, 0.25) is 0 Å². The second-order valence-corrected chi connectivity index (χ2v) is 7.12. The second-order valence-electron chi connectivity index (χ2n) is 7.12. The van der Waals surface area contributed by atoms with Crippen LogP contribution < -0.4 is 10.1 Å². The Morgan fingerprint density at radius 2 is 2.15 bits per heavy atom. The van der Waals surface area contributed by atoms with E-state index in [9.17, 15) is 4.79 Å². The summed E-state index contributed by atoms with van der Waals surface area (Å²) in [6.07, 6.45) is 6.74. The molecule has 1 aliphatic carbocycles. The molecule has 1 fully saturated rings. The van der Waals surface area contributed by atoms with Crippen molar-refractivity contribution in [3.63, 3.8) is 0 Å². The summed E-state index contributed by atoms with van der Waals surface area (Å²) in [5.41, 5.74) is 2.13. The van der Waals surface area contributed by atoms with Gasteiger partial charge in [0, 0.05) is 25.2 Å². The van der Waals surface area contributed by atoms with Crippen LogP contribution in [0, 0.1) is 0 Å². The number of furan rings is 1. The number of nitrogens with one attached hydrogen (secondary N) is 1. The van der Waals surface area contributed by atoms with Gasteiger partial charge in [-0.1, -0.05) is 19.3 Å². The van der Waals surface area contributed by atoms with Gasteiger partial charge in [-0.2, -0.15) is 5.10 Å². The molecule has 2 aromatic heterocycles. The van der Waals surface area contributed by atoms with Gasteiger partial charge in [-0.25, -0.2) is 0 Å². The molecule has 26 heavy (non-hydrogen) atoms. The van der Waals surface area contributed by atoms with Crippen molar-refractivity contribution in [1.29, 1.82) is 0 Å². The molecule has 7 nitrogen and oxygen atoms in total. The average Bonchev–Trinajstić information content (AvgIpc) is 3.32.